The van der Waals surface area contributed by atoms with Crippen LogP contribution in [0.4, 0.5) is 23.2 Å². The number of alkyl halides is 3. The Morgan fingerprint density at radius 2 is 1.68 bits per heavy atom. The first kappa shape index (κ1) is 13.2. The van der Waals surface area contributed by atoms with Crippen LogP contribution in [0.5, 0.6) is 11.5 Å². The van der Waals surface area contributed by atoms with Crippen molar-refractivity contribution >= 4 is 5.69 Å². The van der Waals surface area contributed by atoms with Crippen LogP contribution in [0.3, 0.4) is 0 Å². The first-order chi connectivity index (χ1) is 8.84. The van der Waals surface area contributed by atoms with Gasteiger partial charge < -0.3 is 10.5 Å². The number of halogens is 4. The van der Waals surface area contributed by atoms with Gasteiger partial charge in [-0.15, -0.1) is 0 Å². The van der Waals surface area contributed by atoms with E-state index in [1.54, 1.807) is 0 Å². The molecule has 0 unspecified atom stereocenters. The molecule has 2 aromatic carbocycles. The van der Waals surface area contributed by atoms with Gasteiger partial charge in [0.2, 0.25) is 0 Å². The summed E-state index contributed by atoms with van der Waals surface area (Å²) in [5.41, 5.74) is 4.70. The SMILES string of the molecule is Nc1cc(F)cc(Oc2cccc(C(F)(F)F)c2)c1. The second kappa shape index (κ2) is 4.79. The van der Waals surface area contributed by atoms with Crippen molar-refractivity contribution in [1.82, 2.24) is 0 Å². The molecule has 0 heterocycles. The minimum atomic E-state index is -4.46. The van der Waals surface area contributed by atoms with Gasteiger partial charge >= 0.3 is 6.18 Å². The zero-order valence-electron chi connectivity index (χ0n) is 9.54. The van der Waals surface area contributed by atoms with E-state index >= 15 is 0 Å². The second-order valence-electron chi connectivity index (χ2n) is 3.85. The van der Waals surface area contributed by atoms with E-state index < -0.39 is 17.6 Å². The van der Waals surface area contributed by atoms with Crippen molar-refractivity contribution in [3.05, 3.63) is 53.8 Å². The van der Waals surface area contributed by atoms with Gasteiger partial charge in [-0.3, -0.25) is 0 Å². The van der Waals surface area contributed by atoms with Crippen LogP contribution in [-0.2, 0) is 6.18 Å². The molecule has 0 amide bonds. The smallest absolute Gasteiger partial charge is 0.416 e. The average molecular weight is 271 g/mol. The first-order valence-corrected chi connectivity index (χ1v) is 5.26. The molecule has 2 nitrogen and oxygen atoms in total. The van der Waals surface area contributed by atoms with E-state index in [0.717, 1.165) is 24.3 Å². The first-order valence-electron chi connectivity index (χ1n) is 5.26. The zero-order chi connectivity index (χ0) is 14.0. The number of hydrogen-bond acceptors (Lipinski definition) is 2. The van der Waals surface area contributed by atoms with Crippen LogP contribution >= 0.6 is 0 Å². The van der Waals surface area contributed by atoms with Crippen molar-refractivity contribution < 1.29 is 22.3 Å². The number of ether oxygens (including phenoxy) is 1. The van der Waals surface area contributed by atoms with Gasteiger partial charge in [-0.1, -0.05) is 6.07 Å². The highest BCUT2D eigenvalue weighted by Gasteiger charge is 2.30. The molecule has 0 atom stereocenters. The molecule has 0 radical (unpaired) electrons. The third-order valence-corrected chi connectivity index (χ3v) is 2.29. The maximum atomic E-state index is 13.1. The molecule has 0 aliphatic rings. The van der Waals surface area contributed by atoms with Gasteiger partial charge in [0.15, 0.2) is 0 Å². The highest BCUT2D eigenvalue weighted by atomic mass is 19.4. The van der Waals surface area contributed by atoms with Crippen LogP contribution in [-0.4, -0.2) is 0 Å². The molecule has 0 bridgehead atoms. The molecule has 0 fully saturated rings. The summed E-state index contributed by atoms with van der Waals surface area (Å²) < 4.78 is 55.7. The standard InChI is InChI=1S/C13H9F4NO/c14-9-5-10(18)7-12(6-9)19-11-3-1-2-8(4-11)13(15,16)17/h1-7H,18H2. The molecule has 2 aromatic rings. The molecule has 0 saturated carbocycles. The fraction of sp³-hybridized carbons (Fsp3) is 0.0769. The third-order valence-electron chi connectivity index (χ3n) is 2.29. The molecule has 6 heteroatoms. The van der Waals surface area contributed by atoms with Gasteiger partial charge in [0.25, 0.3) is 0 Å². The van der Waals surface area contributed by atoms with Crippen molar-refractivity contribution in [3.8, 4) is 11.5 Å². The lowest BCUT2D eigenvalue weighted by atomic mass is 10.2. The monoisotopic (exact) mass is 271 g/mol. The van der Waals surface area contributed by atoms with E-state index in [1.807, 2.05) is 0 Å². The Labute approximate surface area is 106 Å². The van der Waals surface area contributed by atoms with Gasteiger partial charge in [0.05, 0.1) is 5.56 Å². The minimum Gasteiger partial charge on any atom is -0.457 e. The molecule has 2 N–H and O–H groups in total. The molecule has 0 saturated heterocycles. The number of nitrogen functional groups attached to an aromatic ring is 1. The van der Waals surface area contributed by atoms with Crippen LogP contribution in [0.2, 0.25) is 0 Å². The number of hydrogen-bond donors (Lipinski definition) is 1. The molecule has 100 valence electrons. The summed E-state index contributed by atoms with van der Waals surface area (Å²) in [7, 11) is 0. The number of benzene rings is 2. The fourth-order valence-electron chi connectivity index (χ4n) is 1.52. The van der Waals surface area contributed by atoms with E-state index in [0.29, 0.717) is 0 Å². The molecule has 0 aliphatic heterocycles. The maximum absolute atomic E-state index is 13.1. The average Bonchev–Trinajstić information content (AvgIpc) is 2.26. The normalized spacial score (nSPS) is 11.4. The Kier molecular flexibility index (Phi) is 3.33. The number of rotatable bonds is 2. The lowest BCUT2D eigenvalue weighted by molar-refractivity contribution is -0.137. The van der Waals surface area contributed by atoms with Crippen molar-refractivity contribution in [3.63, 3.8) is 0 Å². The lowest BCUT2D eigenvalue weighted by Gasteiger charge is -2.10. The van der Waals surface area contributed by atoms with Gasteiger partial charge in [-0.05, 0) is 24.3 Å². The highest BCUT2D eigenvalue weighted by molar-refractivity contribution is 5.46. The molecular formula is C13H9F4NO. The summed E-state index contributed by atoms with van der Waals surface area (Å²) in [5.74, 6) is -0.626. The summed E-state index contributed by atoms with van der Waals surface area (Å²) in [6.45, 7) is 0. The highest BCUT2D eigenvalue weighted by Crippen LogP contribution is 2.33. The Morgan fingerprint density at radius 3 is 2.32 bits per heavy atom. The second-order valence-corrected chi connectivity index (χ2v) is 3.85. The van der Waals surface area contributed by atoms with E-state index in [1.165, 1.54) is 18.2 Å². The van der Waals surface area contributed by atoms with Crippen molar-refractivity contribution in [1.29, 1.82) is 0 Å². The van der Waals surface area contributed by atoms with Crippen molar-refractivity contribution in [2.24, 2.45) is 0 Å². The lowest BCUT2D eigenvalue weighted by Crippen LogP contribution is -2.04. The Morgan fingerprint density at radius 1 is 0.947 bits per heavy atom. The van der Waals surface area contributed by atoms with Gasteiger partial charge in [0, 0.05) is 17.8 Å². The van der Waals surface area contributed by atoms with E-state index in [4.69, 9.17) is 10.5 Å². The quantitative estimate of drug-likeness (QED) is 0.655. The van der Waals surface area contributed by atoms with Crippen molar-refractivity contribution in [2.45, 2.75) is 6.18 Å². The predicted molar refractivity (Wildman–Crippen MR) is 62.3 cm³/mol. The summed E-state index contributed by atoms with van der Waals surface area (Å²) in [5, 5.41) is 0. The number of anilines is 1. The molecule has 0 aromatic heterocycles. The van der Waals surface area contributed by atoms with E-state index in [-0.39, 0.29) is 17.2 Å². The summed E-state index contributed by atoms with van der Waals surface area (Å²) in [6.07, 6.45) is -4.46. The summed E-state index contributed by atoms with van der Waals surface area (Å²) in [6, 6.07) is 7.75. The minimum absolute atomic E-state index is 0.0387. The summed E-state index contributed by atoms with van der Waals surface area (Å²) in [4.78, 5) is 0. The van der Waals surface area contributed by atoms with Crippen LogP contribution in [0, 0.1) is 5.82 Å². The predicted octanol–water partition coefficient (Wildman–Crippen LogP) is 4.22. The Balaban J connectivity index is 2.28. The fourth-order valence-corrected chi connectivity index (χ4v) is 1.52. The van der Waals surface area contributed by atoms with Crippen LogP contribution < -0.4 is 10.5 Å². The molecular weight excluding hydrogens is 262 g/mol. The molecule has 0 spiro atoms. The van der Waals surface area contributed by atoms with Crippen LogP contribution in [0.15, 0.2) is 42.5 Å². The van der Waals surface area contributed by atoms with E-state index in [9.17, 15) is 17.6 Å². The van der Waals surface area contributed by atoms with Crippen LogP contribution in [0.1, 0.15) is 5.56 Å². The maximum Gasteiger partial charge on any atom is 0.416 e. The number of nitrogens with two attached hydrogens (primary N) is 1. The Bertz CT molecular complexity index is 575. The van der Waals surface area contributed by atoms with Crippen LogP contribution in [0.25, 0.3) is 0 Å². The topological polar surface area (TPSA) is 35.2 Å². The molecule has 19 heavy (non-hydrogen) atoms. The van der Waals surface area contributed by atoms with Crippen molar-refractivity contribution in [2.75, 3.05) is 5.73 Å². The van der Waals surface area contributed by atoms with E-state index in [2.05, 4.69) is 0 Å². The third kappa shape index (κ3) is 3.37. The largest absolute Gasteiger partial charge is 0.457 e. The summed E-state index contributed by atoms with van der Waals surface area (Å²) >= 11 is 0. The molecule has 2 rings (SSSR count). The van der Waals surface area contributed by atoms with Gasteiger partial charge in [-0.25, -0.2) is 4.39 Å². The molecule has 0 aliphatic carbocycles. The van der Waals surface area contributed by atoms with Gasteiger partial charge in [0.1, 0.15) is 17.3 Å². The van der Waals surface area contributed by atoms with Gasteiger partial charge in [-0.2, -0.15) is 13.2 Å². The zero-order valence-corrected chi connectivity index (χ0v) is 9.54. The Hall–Kier alpha value is -2.24.